The van der Waals surface area contributed by atoms with E-state index >= 15 is 0 Å². The normalized spacial score (nSPS) is 13.2. The average Bonchev–Trinajstić information content (AvgIpc) is 2.34. The van der Waals surface area contributed by atoms with E-state index in [9.17, 15) is 8.42 Å². The Morgan fingerprint density at radius 2 is 2.11 bits per heavy atom. The molecule has 5 heteroatoms. The van der Waals surface area contributed by atoms with Crippen molar-refractivity contribution in [2.45, 2.75) is 25.8 Å². The van der Waals surface area contributed by atoms with E-state index in [0.717, 1.165) is 24.3 Å². The fourth-order valence-electron chi connectivity index (χ4n) is 1.99. The van der Waals surface area contributed by atoms with Crippen LogP contribution in [0.3, 0.4) is 0 Å². The number of rotatable bonds is 8. The van der Waals surface area contributed by atoms with E-state index in [4.69, 9.17) is 4.74 Å². The Balaban J connectivity index is 2.74. The summed E-state index contributed by atoms with van der Waals surface area (Å²) in [6.07, 6.45) is 2.95. The zero-order chi connectivity index (χ0) is 14.3. The van der Waals surface area contributed by atoms with E-state index in [2.05, 4.69) is 12.2 Å². The summed E-state index contributed by atoms with van der Waals surface area (Å²) in [5, 5.41) is 3.29. The quantitative estimate of drug-likeness (QED) is 0.789. The van der Waals surface area contributed by atoms with Crippen LogP contribution >= 0.6 is 0 Å². The van der Waals surface area contributed by atoms with Gasteiger partial charge < -0.3 is 10.1 Å². The number of hydrogen-bond acceptors (Lipinski definition) is 4. The van der Waals surface area contributed by atoms with Gasteiger partial charge in [-0.2, -0.15) is 0 Å². The third kappa shape index (κ3) is 6.59. The average molecular weight is 285 g/mol. The fraction of sp³-hybridized carbons (Fsp3) is 0.571. The van der Waals surface area contributed by atoms with Crippen LogP contribution in [0.2, 0.25) is 0 Å². The van der Waals surface area contributed by atoms with Crippen molar-refractivity contribution < 1.29 is 13.2 Å². The van der Waals surface area contributed by atoms with Crippen molar-refractivity contribution in [3.63, 3.8) is 0 Å². The summed E-state index contributed by atoms with van der Waals surface area (Å²) in [4.78, 5) is 0. The minimum absolute atomic E-state index is 0.0537. The Hall–Kier alpha value is -1.07. The van der Waals surface area contributed by atoms with Gasteiger partial charge in [0.2, 0.25) is 0 Å². The van der Waals surface area contributed by atoms with Crippen molar-refractivity contribution in [1.82, 2.24) is 5.32 Å². The van der Waals surface area contributed by atoms with Crippen molar-refractivity contribution >= 4 is 9.84 Å². The monoisotopic (exact) mass is 285 g/mol. The van der Waals surface area contributed by atoms with Crippen LogP contribution in [-0.4, -0.2) is 40.1 Å². The van der Waals surface area contributed by atoms with E-state index in [1.807, 2.05) is 24.3 Å². The number of ether oxygens (including phenoxy) is 1. The predicted octanol–water partition coefficient (Wildman–Crippen LogP) is 1.65. The second-order valence-electron chi connectivity index (χ2n) is 4.80. The van der Waals surface area contributed by atoms with Gasteiger partial charge in [0.05, 0.1) is 12.9 Å². The second-order valence-corrected chi connectivity index (χ2v) is 6.98. The van der Waals surface area contributed by atoms with Gasteiger partial charge in [0.1, 0.15) is 15.6 Å². The van der Waals surface area contributed by atoms with Crippen LogP contribution in [0, 0.1) is 0 Å². The minimum Gasteiger partial charge on any atom is -0.497 e. The lowest BCUT2D eigenvalue weighted by molar-refractivity contribution is 0.414. The molecule has 1 atom stereocenters. The predicted molar refractivity (Wildman–Crippen MR) is 78.5 cm³/mol. The van der Waals surface area contributed by atoms with Crippen molar-refractivity contribution in [2.75, 3.05) is 25.7 Å². The Morgan fingerprint density at radius 3 is 2.68 bits per heavy atom. The van der Waals surface area contributed by atoms with Gasteiger partial charge in [0.15, 0.2) is 0 Å². The third-order valence-electron chi connectivity index (χ3n) is 2.80. The highest BCUT2D eigenvalue weighted by molar-refractivity contribution is 7.90. The molecule has 0 heterocycles. The number of hydrogen-bond donors (Lipinski definition) is 1. The molecule has 19 heavy (non-hydrogen) atoms. The summed E-state index contributed by atoms with van der Waals surface area (Å²) >= 11 is 0. The van der Waals surface area contributed by atoms with Crippen LogP contribution < -0.4 is 10.1 Å². The van der Waals surface area contributed by atoms with Gasteiger partial charge in [0, 0.05) is 12.3 Å². The first-order chi connectivity index (χ1) is 8.94. The molecule has 0 amide bonds. The molecule has 1 aromatic rings. The summed E-state index contributed by atoms with van der Waals surface area (Å²) in [5.41, 5.74) is 1.08. The maximum Gasteiger partial charge on any atom is 0.148 e. The van der Waals surface area contributed by atoms with E-state index in [-0.39, 0.29) is 11.8 Å². The van der Waals surface area contributed by atoms with Gasteiger partial charge in [0.25, 0.3) is 0 Å². The van der Waals surface area contributed by atoms with E-state index in [1.165, 1.54) is 6.26 Å². The molecule has 0 bridgehead atoms. The smallest absolute Gasteiger partial charge is 0.148 e. The van der Waals surface area contributed by atoms with Crippen molar-refractivity contribution in [3.05, 3.63) is 29.8 Å². The molecule has 0 saturated heterocycles. The third-order valence-corrected chi connectivity index (χ3v) is 3.81. The van der Waals surface area contributed by atoms with Crippen LogP contribution in [0.5, 0.6) is 5.75 Å². The molecule has 0 spiro atoms. The highest BCUT2D eigenvalue weighted by atomic mass is 32.2. The second kappa shape index (κ2) is 7.50. The number of sulfone groups is 1. The summed E-state index contributed by atoms with van der Waals surface area (Å²) in [6, 6.07) is 7.69. The van der Waals surface area contributed by atoms with Crippen LogP contribution in [0.25, 0.3) is 0 Å². The van der Waals surface area contributed by atoms with E-state index in [0.29, 0.717) is 6.42 Å². The van der Waals surface area contributed by atoms with Crippen molar-refractivity contribution in [1.29, 1.82) is 0 Å². The number of benzene rings is 1. The Morgan fingerprint density at radius 1 is 1.37 bits per heavy atom. The molecule has 4 nitrogen and oxygen atoms in total. The van der Waals surface area contributed by atoms with Crippen LogP contribution in [0.4, 0.5) is 0 Å². The zero-order valence-electron chi connectivity index (χ0n) is 11.8. The molecule has 0 aromatic heterocycles. The molecule has 0 aliphatic carbocycles. The highest BCUT2D eigenvalue weighted by Gasteiger charge is 2.15. The van der Waals surface area contributed by atoms with Crippen LogP contribution in [0.15, 0.2) is 24.3 Å². The highest BCUT2D eigenvalue weighted by Crippen LogP contribution is 2.14. The summed E-state index contributed by atoms with van der Waals surface area (Å²) < 4.78 is 28.1. The topological polar surface area (TPSA) is 55.4 Å². The minimum atomic E-state index is -2.98. The molecule has 1 aromatic carbocycles. The molecule has 0 aliphatic heterocycles. The van der Waals surface area contributed by atoms with Crippen LogP contribution in [0.1, 0.15) is 18.9 Å². The van der Waals surface area contributed by atoms with Crippen molar-refractivity contribution in [2.24, 2.45) is 0 Å². The van der Waals surface area contributed by atoms with Gasteiger partial charge >= 0.3 is 0 Å². The first kappa shape index (κ1) is 16.0. The Labute approximate surface area is 116 Å². The summed E-state index contributed by atoms with van der Waals surface area (Å²) in [5.74, 6) is 0.954. The molecule has 0 aliphatic rings. The first-order valence-electron chi connectivity index (χ1n) is 6.48. The molecule has 0 radical (unpaired) electrons. The maximum absolute atomic E-state index is 11.5. The van der Waals surface area contributed by atoms with E-state index in [1.54, 1.807) is 7.11 Å². The Bertz CT molecular complexity index is 485. The van der Waals surface area contributed by atoms with Gasteiger partial charge in [-0.05, 0) is 37.1 Å². The molecular formula is C14H23NO3S. The lowest BCUT2D eigenvalue weighted by Crippen LogP contribution is -2.37. The van der Waals surface area contributed by atoms with Crippen molar-refractivity contribution in [3.8, 4) is 5.75 Å². The lowest BCUT2D eigenvalue weighted by Gasteiger charge is -2.18. The SMILES string of the molecule is CCCNC(Cc1cccc(OC)c1)CS(C)(=O)=O. The van der Waals surface area contributed by atoms with E-state index < -0.39 is 9.84 Å². The number of nitrogens with one attached hydrogen (secondary N) is 1. The van der Waals surface area contributed by atoms with Gasteiger partial charge in [-0.25, -0.2) is 8.42 Å². The molecule has 0 fully saturated rings. The van der Waals surface area contributed by atoms with Gasteiger partial charge in [-0.15, -0.1) is 0 Å². The zero-order valence-corrected chi connectivity index (χ0v) is 12.7. The summed E-state index contributed by atoms with van der Waals surface area (Å²) in [7, 11) is -1.36. The molecule has 1 N–H and O–H groups in total. The van der Waals surface area contributed by atoms with Crippen LogP contribution in [-0.2, 0) is 16.3 Å². The largest absolute Gasteiger partial charge is 0.497 e. The molecule has 0 saturated carbocycles. The lowest BCUT2D eigenvalue weighted by atomic mass is 10.1. The number of methoxy groups -OCH3 is 1. The molecule has 1 unspecified atom stereocenters. The Kier molecular flexibility index (Phi) is 6.31. The molecular weight excluding hydrogens is 262 g/mol. The molecule has 108 valence electrons. The first-order valence-corrected chi connectivity index (χ1v) is 8.54. The molecule has 1 rings (SSSR count). The maximum atomic E-state index is 11.5. The van der Waals surface area contributed by atoms with Gasteiger partial charge in [-0.1, -0.05) is 19.1 Å². The standard InChI is InChI=1S/C14H23NO3S/c1-4-8-15-13(11-19(3,16)17)9-12-6-5-7-14(10-12)18-2/h5-7,10,13,15H,4,8-9,11H2,1-3H3. The van der Waals surface area contributed by atoms with Gasteiger partial charge in [-0.3, -0.25) is 0 Å². The summed E-state index contributed by atoms with van der Waals surface area (Å²) in [6.45, 7) is 2.89. The fourth-order valence-corrected chi connectivity index (χ4v) is 2.95.